The van der Waals surface area contributed by atoms with Crippen molar-refractivity contribution in [1.82, 2.24) is 14.7 Å². The molecule has 0 spiro atoms. The van der Waals surface area contributed by atoms with Gasteiger partial charge in [0.1, 0.15) is 0 Å². The SMILES string of the molecule is C[C@H](N)c1nc(-c2ccc3ccn(C)c3c2)no1. The highest BCUT2D eigenvalue weighted by molar-refractivity contribution is 5.84. The molecule has 2 aromatic heterocycles. The van der Waals surface area contributed by atoms with Crippen LogP contribution in [0, 0.1) is 0 Å². The molecule has 1 aromatic carbocycles. The smallest absolute Gasteiger partial charge is 0.243 e. The van der Waals surface area contributed by atoms with E-state index >= 15 is 0 Å². The zero-order chi connectivity index (χ0) is 12.7. The Morgan fingerprint density at radius 3 is 2.89 bits per heavy atom. The predicted octanol–water partition coefficient (Wildman–Crippen LogP) is 2.25. The van der Waals surface area contributed by atoms with E-state index in [1.807, 2.05) is 38.4 Å². The maximum atomic E-state index is 5.70. The predicted molar refractivity (Wildman–Crippen MR) is 68.8 cm³/mol. The number of aryl methyl sites for hydroxylation is 1. The first-order valence-corrected chi connectivity index (χ1v) is 5.80. The Morgan fingerprint density at radius 1 is 1.33 bits per heavy atom. The molecule has 5 heteroatoms. The van der Waals surface area contributed by atoms with Crippen LogP contribution in [0.5, 0.6) is 0 Å². The first-order chi connectivity index (χ1) is 8.65. The molecule has 0 aliphatic carbocycles. The standard InChI is InChI=1S/C13H14N4O/c1-8(14)13-15-12(16-18-13)10-4-3-9-5-6-17(2)11(9)7-10/h3-8H,14H2,1-2H3/t8-/m0/s1. The van der Waals surface area contributed by atoms with Crippen LogP contribution < -0.4 is 5.73 Å². The summed E-state index contributed by atoms with van der Waals surface area (Å²) < 4.78 is 7.17. The molecule has 0 fully saturated rings. The summed E-state index contributed by atoms with van der Waals surface area (Å²) in [7, 11) is 2.01. The van der Waals surface area contributed by atoms with Gasteiger partial charge in [-0.05, 0) is 24.4 Å². The quantitative estimate of drug-likeness (QED) is 0.748. The molecule has 5 nitrogen and oxygen atoms in total. The van der Waals surface area contributed by atoms with E-state index in [-0.39, 0.29) is 6.04 Å². The molecular formula is C13H14N4O. The molecule has 18 heavy (non-hydrogen) atoms. The van der Waals surface area contributed by atoms with Crippen molar-refractivity contribution in [3.8, 4) is 11.4 Å². The van der Waals surface area contributed by atoms with Gasteiger partial charge in [-0.1, -0.05) is 17.3 Å². The van der Waals surface area contributed by atoms with Crippen LogP contribution in [0.1, 0.15) is 18.9 Å². The minimum atomic E-state index is -0.245. The second-order valence-electron chi connectivity index (χ2n) is 4.45. The third-order valence-electron chi connectivity index (χ3n) is 2.98. The van der Waals surface area contributed by atoms with Gasteiger partial charge in [0.25, 0.3) is 0 Å². The highest BCUT2D eigenvalue weighted by atomic mass is 16.5. The van der Waals surface area contributed by atoms with Gasteiger partial charge in [-0.2, -0.15) is 4.98 Å². The van der Waals surface area contributed by atoms with Gasteiger partial charge in [-0.15, -0.1) is 0 Å². The molecule has 2 heterocycles. The van der Waals surface area contributed by atoms with Gasteiger partial charge in [0.2, 0.25) is 11.7 Å². The van der Waals surface area contributed by atoms with Crippen molar-refractivity contribution in [3.63, 3.8) is 0 Å². The minimum absolute atomic E-state index is 0.245. The molecule has 0 saturated carbocycles. The number of nitrogens with zero attached hydrogens (tertiary/aromatic N) is 3. The van der Waals surface area contributed by atoms with Gasteiger partial charge in [0, 0.05) is 24.3 Å². The normalized spacial score (nSPS) is 13.1. The Morgan fingerprint density at radius 2 is 2.17 bits per heavy atom. The summed E-state index contributed by atoms with van der Waals surface area (Å²) in [6.45, 7) is 1.82. The van der Waals surface area contributed by atoms with E-state index < -0.39 is 0 Å². The monoisotopic (exact) mass is 242 g/mol. The highest BCUT2D eigenvalue weighted by Crippen LogP contribution is 2.23. The lowest BCUT2D eigenvalue weighted by molar-refractivity contribution is 0.362. The van der Waals surface area contributed by atoms with Crippen LogP contribution in [-0.2, 0) is 7.05 Å². The van der Waals surface area contributed by atoms with Crippen LogP contribution in [0.15, 0.2) is 35.0 Å². The van der Waals surface area contributed by atoms with Crippen LogP contribution in [0.2, 0.25) is 0 Å². The van der Waals surface area contributed by atoms with Crippen molar-refractivity contribution in [2.24, 2.45) is 12.8 Å². The Hall–Kier alpha value is -2.14. The van der Waals surface area contributed by atoms with Gasteiger partial charge < -0.3 is 14.8 Å². The van der Waals surface area contributed by atoms with Gasteiger partial charge in [0.05, 0.1) is 6.04 Å². The van der Waals surface area contributed by atoms with Gasteiger partial charge in [0.15, 0.2) is 0 Å². The number of rotatable bonds is 2. The molecule has 0 bridgehead atoms. The molecule has 2 N–H and O–H groups in total. The van der Waals surface area contributed by atoms with Crippen LogP contribution >= 0.6 is 0 Å². The van der Waals surface area contributed by atoms with Gasteiger partial charge >= 0.3 is 0 Å². The number of benzene rings is 1. The van der Waals surface area contributed by atoms with E-state index in [1.165, 1.54) is 5.39 Å². The zero-order valence-electron chi connectivity index (χ0n) is 10.3. The Balaban J connectivity index is 2.09. The molecule has 0 saturated heterocycles. The molecule has 0 aliphatic heterocycles. The highest BCUT2D eigenvalue weighted by Gasteiger charge is 2.12. The Kier molecular flexibility index (Phi) is 2.41. The molecule has 0 aliphatic rings. The summed E-state index contributed by atoms with van der Waals surface area (Å²) in [6.07, 6.45) is 2.03. The fraction of sp³-hybridized carbons (Fsp3) is 0.231. The van der Waals surface area contributed by atoms with E-state index in [4.69, 9.17) is 10.3 Å². The maximum Gasteiger partial charge on any atom is 0.243 e. The molecule has 3 aromatic rings. The maximum absolute atomic E-state index is 5.70. The average Bonchev–Trinajstić information content (AvgIpc) is 2.96. The van der Waals surface area contributed by atoms with Crippen molar-refractivity contribution in [2.75, 3.05) is 0 Å². The first kappa shape index (κ1) is 11.0. The summed E-state index contributed by atoms with van der Waals surface area (Å²) >= 11 is 0. The van der Waals surface area contributed by atoms with E-state index in [0.29, 0.717) is 11.7 Å². The van der Waals surface area contributed by atoms with Crippen molar-refractivity contribution in [2.45, 2.75) is 13.0 Å². The zero-order valence-corrected chi connectivity index (χ0v) is 10.3. The number of fused-ring (bicyclic) bond motifs is 1. The number of aromatic nitrogens is 3. The third kappa shape index (κ3) is 1.69. The van der Waals surface area contributed by atoms with Crippen molar-refractivity contribution < 1.29 is 4.52 Å². The molecule has 0 unspecified atom stereocenters. The Bertz CT molecular complexity index is 696. The first-order valence-electron chi connectivity index (χ1n) is 5.80. The average molecular weight is 242 g/mol. The summed E-state index contributed by atoms with van der Waals surface area (Å²) in [5.74, 6) is 1.03. The summed E-state index contributed by atoms with van der Waals surface area (Å²) in [5.41, 5.74) is 7.77. The number of nitrogens with two attached hydrogens (primary N) is 1. The molecule has 1 atom stereocenters. The van der Waals surface area contributed by atoms with E-state index in [9.17, 15) is 0 Å². The number of hydrogen-bond acceptors (Lipinski definition) is 4. The number of hydrogen-bond donors (Lipinski definition) is 1. The lowest BCUT2D eigenvalue weighted by Crippen LogP contribution is -2.04. The van der Waals surface area contributed by atoms with Crippen LogP contribution in [-0.4, -0.2) is 14.7 Å². The summed E-state index contributed by atoms with van der Waals surface area (Å²) in [6, 6.07) is 7.91. The van der Waals surface area contributed by atoms with Crippen LogP contribution in [0.25, 0.3) is 22.3 Å². The topological polar surface area (TPSA) is 69.9 Å². The molecule has 0 radical (unpaired) electrons. The van der Waals surface area contributed by atoms with Gasteiger partial charge in [-0.3, -0.25) is 0 Å². The molecular weight excluding hydrogens is 228 g/mol. The molecule has 3 rings (SSSR count). The largest absolute Gasteiger partial charge is 0.351 e. The Labute approximate surface area is 104 Å². The lowest BCUT2D eigenvalue weighted by atomic mass is 10.1. The second-order valence-corrected chi connectivity index (χ2v) is 4.45. The van der Waals surface area contributed by atoms with Crippen molar-refractivity contribution in [1.29, 1.82) is 0 Å². The van der Waals surface area contributed by atoms with E-state index in [0.717, 1.165) is 11.1 Å². The van der Waals surface area contributed by atoms with Crippen LogP contribution in [0.3, 0.4) is 0 Å². The lowest BCUT2D eigenvalue weighted by Gasteiger charge is -1.98. The summed E-state index contributed by atoms with van der Waals surface area (Å²) in [5, 5.41) is 5.14. The van der Waals surface area contributed by atoms with E-state index in [1.54, 1.807) is 0 Å². The van der Waals surface area contributed by atoms with Gasteiger partial charge in [-0.25, -0.2) is 0 Å². The van der Waals surface area contributed by atoms with Crippen LogP contribution in [0.4, 0.5) is 0 Å². The third-order valence-corrected chi connectivity index (χ3v) is 2.98. The second kappa shape index (κ2) is 3.96. The molecule has 92 valence electrons. The minimum Gasteiger partial charge on any atom is -0.351 e. The fourth-order valence-electron chi connectivity index (χ4n) is 1.94. The fourth-order valence-corrected chi connectivity index (χ4v) is 1.94. The van der Waals surface area contributed by atoms with Crippen molar-refractivity contribution in [3.05, 3.63) is 36.4 Å². The molecule has 0 amide bonds. The van der Waals surface area contributed by atoms with E-state index in [2.05, 4.69) is 20.8 Å². The van der Waals surface area contributed by atoms with Crippen molar-refractivity contribution >= 4 is 10.9 Å². The summed E-state index contributed by atoms with van der Waals surface area (Å²) in [4.78, 5) is 4.29.